The number of hydrogen-bond donors (Lipinski definition) is 0. The summed E-state index contributed by atoms with van der Waals surface area (Å²) in [5.41, 5.74) is 3.67. The monoisotopic (exact) mass is 365 g/mol. The van der Waals surface area contributed by atoms with Crippen LogP contribution in [0.2, 0.25) is 0 Å². The van der Waals surface area contributed by atoms with Gasteiger partial charge >= 0.3 is 0 Å². The van der Waals surface area contributed by atoms with Crippen LogP contribution in [0.5, 0.6) is 0 Å². The number of benzene rings is 2. The summed E-state index contributed by atoms with van der Waals surface area (Å²) in [6.45, 7) is 3.85. The minimum absolute atomic E-state index is 0. The fourth-order valence-electron chi connectivity index (χ4n) is 2.21. The van der Waals surface area contributed by atoms with Crippen LogP contribution >= 0.6 is 0 Å². The van der Waals surface area contributed by atoms with Gasteiger partial charge in [0.05, 0.1) is 10.4 Å². The molecule has 0 spiro atoms. The fourth-order valence-corrected chi connectivity index (χ4v) is 2.21. The summed E-state index contributed by atoms with van der Waals surface area (Å²) in [5.74, 6) is 0. The molecule has 0 atom stereocenters. The molecule has 1 aromatic heterocycles. The van der Waals surface area contributed by atoms with E-state index in [1.807, 2.05) is 30.3 Å². The van der Waals surface area contributed by atoms with Gasteiger partial charge < -0.3 is 6.92 Å². The SMILES string of the molecule is [CH2-]Cc1[c-]ccc(-c2ccc3cc([N+](=O)[O-])ccc3n2)c1.[Y]. The Morgan fingerprint density at radius 1 is 1.18 bits per heavy atom. The summed E-state index contributed by atoms with van der Waals surface area (Å²) < 4.78 is 0. The van der Waals surface area contributed by atoms with Crippen molar-refractivity contribution in [3.8, 4) is 11.3 Å². The smallest absolute Gasteiger partial charge is 0.270 e. The van der Waals surface area contributed by atoms with E-state index in [4.69, 9.17) is 0 Å². The average molecular weight is 365 g/mol. The molecule has 0 saturated heterocycles. The van der Waals surface area contributed by atoms with Crippen LogP contribution in [0.3, 0.4) is 0 Å². The largest absolute Gasteiger partial charge is 0.341 e. The maximum absolute atomic E-state index is 10.8. The Labute approximate surface area is 153 Å². The molecular weight excluding hydrogens is 353 g/mol. The second kappa shape index (κ2) is 7.08. The first-order valence-corrected chi connectivity index (χ1v) is 6.53. The van der Waals surface area contributed by atoms with E-state index in [1.165, 1.54) is 12.1 Å². The summed E-state index contributed by atoms with van der Waals surface area (Å²) in [7, 11) is 0. The quantitative estimate of drug-likeness (QED) is 0.401. The molecule has 0 aliphatic rings. The van der Waals surface area contributed by atoms with Crippen LogP contribution in [0.1, 0.15) is 5.56 Å². The number of nitro benzene ring substituents is 1. The molecule has 0 aliphatic carbocycles. The van der Waals surface area contributed by atoms with Gasteiger partial charge in [0, 0.05) is 55.9 Å². The predicted molar refractivity (Wildman–Crippen MR) is 81.7 cm³/mol. The van der Waals surface area contributed by atoms with Gasteiger partial charge in [-0.1, -0.05) is 6.07 Å². The van der Waals surface area contributed by atoms with Crippen molar-refractivity contribution in [1.82, 2.24) is 4.98 Å². The minimum Gasteiger partial charge on any atom is -0.341 e. The summed E-state index contributed by atoms with van der Waals surface area (Å²) in [6.07, 6.45) is 0.674. The summed E-state index contributed by atoms with van der Waals surface area (Å²) in [4.78, 5) is 14.9. The van der Waals surface area contributed by atoms with E-state index < -0.39 is 4.92 Å². The Kier molecular flexibility index (Phi) is 5.38. The molecule has 1 radical (unpaired) electrons. The number of rotatable bonds is 3. The molecule has 22 heavy (non-hydrogen) atoms. The van der Waals surface area contributed by atoms with Crippen molar-refractivity contribution in [2.75, 3.05) is 0 Å². The third-order valence-corrected chi connectivity index (χ3v) is 3.31. The average Bonchev–Trinajstić information content (AvgIpc) is 2.53. The number of nitro groups is 1. The molecule has 2 aromatic carbocycles. The van der Waals surface area contributed by atoms with E-state index in [0.29, 0.717) is 6.42 Å². The van der Waals surface area contributed by atoms with Gasteiger partial charge in [0.15, 0.2) is 0 Å². The van der Waals surface area contributed by atoms with Gasteiger partial charge in [-0.2, -0.15) is 36.2 Å². The summed E-state index contributed by atoms with van der Waals surface area (Å²) in [6, 6.07) is 17.3. The van der Waals surface area contributed by atoms with Gasteiger partial charge in [0.2, 0.25) is 0 Å². The van der Waals surface area contributed by atoms with Crippen LogP contribution in [0.4, 0.5) is 5.69 Å². The molecule has 0 amide bonds. The Balaban J connectivity index is 0.00000176. The third kappa shape index (κ3) is 3.39. The molecule has 5 heteroatoms. The van der Waals surface area contributed by atoms with Crippen molar-refractivity contribution >= 4 is 16.6 Å². The zero-order valence-electron chi connectivity index (χ0n) is 11.8. The second-order valence-corrected chi connectivity index (χ2v) is 4.68. The molecule has 0 fully saturated rings. The fraction of sp³-hybridized carbons (Fsp3) is 0.0588. The minimum atomic E-state index is -0.402. The van der Waals surface area contributed by atoms with E-state index in [9.17, 15) is 10.1 Å². The molecule has 0 N–H and O–H groups in total. The van der Waals surface area contributed by atoms with Gasteiger partial charge in [-0.05, 0) is 12.1 Å². The topological polar surface area (TPSA) is 56.0 Å². The molecule has 3 aromatic rings. The molecule has 0 bridgehead atoms. The maximum Gasteiger partial charge on any atom is 0.270 e. The second-order valence-electron chi connectivity index (χ2n) is 4.68. The van der Waals surface area contributed by atoms with Crippen LogP contribution in [0, 0.1) is 23.1 Å². The number of aromatic nitrogens is 1. The number of pyridine rings is 1. The van der Waals surface area contributed by atoms with Crippen molar-refractivity contribution in [1.29, 1.82) is 0 Å². The maximum atomic E-state index is 10.8. The molecule has 107 valence electrons. The molecule has 0 aliphatic heterocycles. The molecule has 0 unspecified atom stereocenters. The van der Waals surface area contributed by atoms with E-state index in [-0.39, 0.29) is 38.4 Å². The molecular formula is C17H12N2O2Y-2. The third-order valence-electron chi connectivity index (χ3n) is 3.31. The van der Waals surface area contributed by atoms with E-state index >= 15 is 0 Å². The first-order valence-electron chi connectivity index (χ1n) is 6.53. The van der Waals surface area contributed by atoms with Crippen LogP contribution in [-0.4, -0.2) is 9.91 Å². The Bertz CT molecular complexity index is 834. The van der Waals surface area contributed by atoms with Gasteiger partial charge in [-0.15, -0.1) is 5.56 Å². The normalized spacial score (nSPS) is 10.2. The van der Waals surface area contributed by atoms with Crippen LogP contribution < -0.4 is 0 Å². The van der Waals surface area contributed by atoms with Crippen molar-refractivity contribution in [3.63, 3.8) is 0 Å². The molecule has 1 heterocycles. The number of non-ortho nitro benzene ring substituents is 1. The van der Waals surface area contributed by atoms with Crippen molar-refractivity contribution in [2.45, 2.75) is 6.42 Å². The number of fused-ring (bicyclic) bond motifs is 1. The Morgan fingerprint density at radius 2 is 2.00 bits per heavy atom. The Hall–Kier alpha value is -1.65. The zero-order chi connectivity index (χ0) is 14.8. The Morgan fingerprint density at radius 3 is 2.73 bits per heavy atom. The first kappa shape index (κ1) is 16.7. The van der Waals surface area contributed by atoms with Crippen LogP contribution in [-0.2, 0) is 39.1 Å². The zero-order valence-corrected chi connectivity index (χ0v) is 14.7. The predicted octanol–water partition coefficient (Wildman–Crippen LogP) is 3.98. The van der Waals surface area contributed by atoms with E-state index in [2.05, 4.69) is 18.0 Å². The van der Waals surface area contributed by atoms with E-state index in [0.717, 1.165) is 27.7 Å². The van der Waals surface area contributed by atoms with Crippen molar-refractivity contribution < 1.29 is 37.6 Å². The van der Waals surface area contributed by atoms with Gasteiger partial charge in [-0.3, -0.25) is 10.1 Å². The molecule has 0 saturated carbocycles. The number of nitrogens with zero attached hydrogens (tertiary/aromatic N) is 2. The van der Waals surface area contributed by atoms with Gasteiger partial charge in [0.1, 0.15) is 0 Å². The summed E-state index contributed by atoms with van der Waals surface area (Å²) >= 11 is 0. The molecule has 4 nitrogen and oxygen atoms in total. The van der Waals surface area contributed by atoms with Crippen molar-refractivity contribution in [2.24, 2.45) is 0 Å². The van der Waals surface area contributed by atoms with E-state index in [1.54, 1.807) is 6.07 Å². The summed E-state index contributed by atoms with van der Waals surface area (Å²) in [5, 5.41) is 11.5. The van der Waals surface area contributed by atoms with Gasteiger partial charge in [-0.25, -0.2) is 4.98 Å². The standard InChI is InChI=1S/C17H12N2O2.Y/c1-2-12-4-3-5-13(10-12)16-8-6-14-11-15(19(20)21)7-9-17(14)18-16;/h3,5-11H,1-2H2;/q-2;. The van der Waals surface area contributed by atoms with Crippen LogP contribution in [0.25, 0.3) is 22.2 Å². The first-order chi connectivity index (χ1) is 10.2. The molecule has 3 rings (SSSR count). The number of hydrogen-bond acceptors (Lipinski definition) is 3. The van der Waals surface area contributed by atoms with Crippen molar-refractivity contribution in [3.05, 3.63) is 77.2 Å². The van der Waals surface area contributed by atoms with Crippen LogP contribution in [0.15, 0.2) is 48.5 Å². The van der Waals surface area contributed by atoms with Gasteiger partial charge in [0.25, 0.3) is 5.69 Å².